The molecule has 1 saturated heterocycles. The second-order valence-corrected chi connectivity index (χ2v) is 6.16. The fraction of sp³-hybridized carbons (Fsp3) is 0.706. The lowest BCUT2D eigenvalue weighted by Gasteiger charge is -2.44. The Morgan fingerprint density at radius 1 is 0.759 bits per heavy atom. The van der Waals surface area contributed by atoms with E-state index in [4.69, 9.17) is 28.4 Å². The van der Waals surface area contributed by atoms with Crippen LogP contribution >= 0.6 is 0 Å². The average molecular weight is 420 g/mol. The SMILES string of the molecule is CC(=O)OCC(OC(C)=O)[C@H]1OC(O)[C@@H](OC(C)=O)[C@@H](OC(C)=O)[C@@H]1OC(C)=O. The lowest BCUT2D eigenvalue weighted by molar-refractivity contribution is -0.306. The van der Waals surface area contributed by atoms with Crippen molar-refractivity contribution in [1.29, 1.82) is 0 Å². The van der Waals surface area contributed by atoms with E-state index in [0.717, 1.165) is 34.6 Å². The van der Waals surface area contributed by atoms with Crippen LogP contribution in [0.5, 0.6) is 0 Å². The Morgan fingerprint density at radius 3 is 1.69 bits per heavy atom. The molecule has 1 aliphatic heterocycles. The van der Waals surface area contributed by atoms with E-state index in [2.05, 4.69) is 0 Å². The first-order valence-corrected chi connectivity index (χ1v) is 8.58. The van der Waals surface area contributed by atoms with Crippen molar-refractivity contribution >= 4 is 29.8 Å². The molecular formula is C17H24O12. The second kappa shape index (κ2) is 10.7. The molecule has 29 heavy (non-hydrogen) atoms. The number of carbonyl (C=O) groups is 5. The van der Waals surface area contributed by atoms with Crippen LogP contribution in [0.25, 0.3) is 0 Å². The first-order valence-electron chi connectivity index (χ1n) is 8.58. The van der Waals surface area contributed by atoms with Gasteiger partial charge in [-0.15, -0.1) is 0 Å². The van der Waals surface area contributed by atoms with E-state index in [9.17, 15) is 29.1 Å². The first kappa shape index (κ1) is 24.3. The van der Waals surface area contributed by atoms with Crippen LogP contribution in [0.2, 0.25) is 0 Å². The number of hydrogen-bond acceptors (Lipinski definition) is 12. The number of carbonyl (C=O) groups excluding carboxylic acids is 5. The predicted octanol–water partition coefficient (Wildman–Crippen LogP) is -1.01. The van der Waals surface area contributed by atoms with Gasteiger partial charge < -0.3 is 33.5 Å². The maximum atomic E-state index is 11.6. The van der Waals surface area contributed by atoms with E-state index < -0.39 is 73.3 Å². The van der Waals surface area contributed by atoms with Crippen LogP contribution in [0.1, 0.15) is 34.6 Å². The third-order valence-electron chi connectivity index (χ3n) is 3.59. The minimum absolute atomic E-state index is 0.505. The molecule has 1 rings (SSSR count). The van der Waals surface area contributed by atoms with Crippen molar-refractivity contribution < 1.29 is 57.5 Å². The molecule has 1 heterocycles. The lowest BCUT2D eigenvalue weighted by Crippen LogP contribution is -2.64. The molecule has 1 fully saturated rings. The van der Waals surface area contributed by atoms with Crippen molar-refractivity contribution in [3.8, 4) is 0 Å². The van der Waals surface area contributed by atoms with Crippen molar-refractivity contribution in [3.05, 3.63) is 0 Å². The van der Waals surface area contributed by atoms with Crippen molar-refractivity contribution in [1.82, 2.24) is 0 Å². The summed E-state index contributed by atoms with van der Waals surface area (Å²) in [5.41, 5.74) is 0. The first-order chi connectivity index (χ1) is 13.4. The van der Waals surface area contributed by atoms with Gasteiger partial charge >= 0.3 is 29.8 Å². The van der Waals surface area contributed by atoms with Gasteiger partial charge in [0.25, 0.3) is 0 Å². The Kier molecular flexibility index (Phi) is 8.98. The monoisotopic (exact) mass is 420 g/mol. The van der Waals surface area contributed by atoms with Crippen LogP contribution in [-0.2, 0) is 52.4 Å². The summed E-state index contributed by atoms with van der Waals surface area (Å²) in [7, 11) is 0. The quantitative estimate of drug-likeness (QED) is 0.395. The van der Waals surface area contributed by atoms with E-state index in [1.807, 2.05) is 0 Å². The molecule has 0 aliphatic carbocycles. The van der Waals surface area contributed by atoms with Crippen LogP contribution in [0.15, 0.2) is 0 Å². The molecule has 1 N–H and O–H groups in total. The van der Waals surface area contributed by atoms with Gasteiger partial charge in [-0.1, -0.05) is 0 Å². The molecule has 6 atom stereocenters. The third-order valence-corrected chi connectivity index (χ3v) is 3.59. The summed E-state index contributed by atoms with van der Waals surface area (Å²) >= 11 is 0. The van der Waals surface area contributed by atoms with E-state index in [1.54, 1.807) is 0 Å². The summed E-state index contributed by atoms with van der Waals surface area (Å²) < 4.78 is 30.5. The molecule has 1 aliphatic rings. The molecule has 12 heteroatoms. The zero-order chi connectivity index (χ0) is 22.3. The molecule has 0 saturated carbocycles. The van der Waals surface area contributed by atoms with Gasteiger partial charge in [0.05, 0.1) is 0 Å². The Morgan fingerprint density at radius 2 is 1.24 bits per heavy atom. The van der Waals surface area contributed by atoms with Gasteiger partial charge in [0, 0.05) is 34.6 Å². The van der Waals surface area contributed by atoms with E-state index in [0.29, 0.717) is 0 Å². The van der Waals surface area contributed by atoms with Crippen molar-refractivity contribution in [2.24, 2.45) is 0 Å². The third kappa shape index (κ3) is 7.66. The molecule has 0 radical (unpaired) electrons. The summed E-state index contributed by atoms with van der Waals surface area (Å²) in [6.45, 7) is 4.84. The van der Waals surface area contributed by atoms with Gasteiger partial charge in [-0.25, -0.2) is 0 Å². The van der Waals surface area contributed by atoms with Crippen LogP contribution in [-0.4, -0.2) is 78.4 Å². The predicted molar refractivity (Wildman–Crippen MR) is 89.7 cm³/mol. The number of rotatable bonds is 7. The minimum Gasteiger partial charge on any atom is -0.462 e. The highest BCUT2D eigenvalue weighted by molar-refractivity contribution is 5.69. The molecule has 0 aromatic rings. The van der Waals surface area contributed by atoms with E-state index in [-0.39, 0.29) is 0 Å². The van der Waals surface area contributed by atoms with Crippen molar-refractivity contribution in [2.45, 2.75) is 71.4 Å². The maximum Gasteiger partial charge on any atom is 0.303 e. The Hall–Kier alpha value is -2.73. The fourth-order valence-electron chi connectivity index (χ4n) is 2.73. The van der Waals surface area contributed by atoms with Gasteiger partial charge in [-0.3, -0.25) is 24.0 Å². The summed E-state index contributed by atoms with van der Waals surface area (Å²) in [4.78, 5) is 57.2. The zero-order valence-corrected chi connectivity index (χ0v) is 16.6. The van der Waals surface area contributed by atoms with Gasteiger partial charge in [0.15, 0.2) is 30.7 Å². The number of hydrogen-bond donors (Lipinski definition) is 1. The number of ether oxygens (including phenoxy) is 6. The maximum absolute atomic E-state index is 11.6. The van der Waals surface area contributed by atoms with Gasteiger partial charge in [-0.05, 0) is 0 Å². The van der Waals surface area contributed by atoms with Crippen molar-refractivity contribution in [3.63, 3.8) is 0 Å². The zero-order valence-electron chi connectivity index (χ0n) is 16.6. The normalized spacial score (nSPS) is 27.2. The topological polar surface area (TPSA) is 161 Å². The smallest absolute Gasteiger partial charge is 0.303 e. The molecule has 0 aromatic carbocycles. The van der Waals surface area contributed by atoms with Crippen molar-refractivity contribution in [2.75, 3.05) is 6.61 Å². The Labute approximate surface area is 166 Å². The van der Waals surface area contributed by atoms with Crippen LogP contribution < -0.4 is 0 Å². The summed E-state index contributed by atoms with van der Waals surface area (Å²) in [5, 5.41) is 10.3. The van der Waals surface area contributed by atoms with E-state index >= 15 is 0 Å². The molecule has 0 amide bonds. The van der Waals surface area contributed by atoms with Gasteiger partial charge in [-0.2, -0.15) is 0 Å². The van der Waals surface area contributed by atoms with Crippen LogP contribution in [0.3, 0.4) is 0 Å². The summed E-state index contributed by atoms with van der Waals surface area (Å²) in [6.07, 6.45) is -9.10. The largest absolute Gasteiger partial charge is 0.462 e. The van der Waals surface area contributed by atoms with E-state index in [1.165, 1.54) is 0 Å². The standard InChI is InChI=1S/C17H24O12/c1-7(18)24-6-12(25-8(2)19)13-14(26-9(3)20)15(27-10(4)21)16(17(23)29-13)28-11(5)22/h12-17,23H,6H2,1-5H3/t12?,13-,14-,15+,16+,17?/m1/s1. The number of aliphatic hydroxyl groups is 1. The summed E-state index contributed by atoms with van der Waals surface area (Å²) in [6, 6.07) is 0. The minimum atomic E-state index is -1.84. The highest BCUT2D eigenvalue weighted by Crippen LogP contribution is 2.30. The molecule has 12 nitrogen and oxygen atoms in total. The molecule has 0 bridgehead atoms. The molecule has 0 spiro atoms. The lowest BCUT2D eigenvalue weighted by atomic mass is 9.94. The average Bonchev–Trinajstić information content (AvgIpc) is 2.55. The second-order valence-electron chi connectivity index (χ2n) is 6.16. The number of aliphatic hydroxyl groups excluding tert-OH is 1. The highest BCUT2D eigenvalue weighted by atomic mass is 16.7. The highest BCUT2D eigenvalue weighted by Gasteiger charge is 2.54. The van der Waals surface area contributed by atoms with Gasteiger partial charge in [0.2, 0.25) is 0 Å². The Balaban J connectivity index is 3.34. The molecule has 0 aromatic heterocycles. The van der Waals surface area contributed by atoms with Crippen LogP contribution in [0, 0.1) is 0 Å². The molecular weight excluding hydrogens is 396 g/mol. The Bertz CT molecular complexity index is 644. The summed E-state index contributed by atoms with van der Waals surface area (Å²) in [5.74, 6) is -3.97. The molecule has 164 valence electrons. The number of esters is 5. The fourth-order valence-corrected chi connectivity index (χ4v) is 2.73. The van der Waals surface area contributed by atoms with Gasteiger partial charge in [0.1, 0.15) is 12.7 Å². The van der Waals surface area contributed by atoms with Crippen LogP contribution in [0.4, 0.5) is 0 Å². The molecule has 2 unspecified atom stereocenters.